The zero-order valence-corrected chi connectivity index (χ0v) is 11.4. The number of carbonyl (C=O) groups excluding carboxylic acids is 1. The number of hydroxylamine groups is 2. The second-order valence-corrected chi connectivity index (χ2v) is 4.69. The van der Waals surface area contributed by atoms with Crippen molar-refractivity contribution in [2.75, 3.05) is 0 Å². The van der Waals surface area contributed by atoms with Gasteiger partial charge in [-0.1, -0.05) is 5.92 Å². The van der Waals surface area contributed by atoms with Gasteiger partial charge in [0.1, 0.15) is 6.04 Å². The molecule has 0 aliphatic rings. The minimum atomic E-state index is -0.965. The third-order valence-corrected chi connectivity index (χ3v) is 3.02. The quantitative estimate of drug-likeness (QED) is 0.517. The van der Waals surface area contributed by atoms with Crippen LogP contribution in [0.4, 0.5) is 4.79 Å². The first-order valence-corrected chi connectivity index (χ1v) is 6.54. The number of urea groups is 1. The van der Waals surface area contributed by atoms with Crippen LogP contribution in [0.2, 0.25) is 0 Å². The van der Waals surface area contributed by atoms with Crippen LogP contribution < -0.4 is 10.5 Å². The highest BCUT2D eigenvalue weighted by Crippen LogP contribution is 2.27. The smallest absolute Gasteiger partial charge is 0.339 e. The van der Waals surface area contributed by atoms with Crippen molar-refractivity contribution >= 4 is 17.4 Å². The summed E-state index contributed by atoms with van der Waals surface area (Å²) < 4.78 is 10.8. The van der Waals surface area contributed by atoms with Gasteiger partial charge in [0.05, 0.1) is 0 Å². The lowest BCUT2D eigenvalue weighted by atomic mass is 10.3. The molecule has 0 bridgehead atoms. The molecule has 0 aromatic carbocycles. The number of furan rings is 1. The minimum absolute atomic E-state index is 0.320. The van der Waals surface area contributed by atoms with Crippen LogP contribution in [0.25, 0.3) is 0 Å². The summed E-state index contributed by atoms with van der Waals surface area (Å²) in [5.41, 5.74) is 4.91. The van der Waals surface area contributed by atoms with Gasteiger partial charge in [-0.15, -0.1) is 11.3 Å². The number of hydrogen-bond donors (Lipinski definition) is 2. The van der Waals surface area contributed by atoms with Crippen molar-refractivity contribution in [2.24, 2.45) is 5.73 Å². The topological polar surface area (TPSA) is 88.9 Å². The van der Waals surface area contributed by atoms with Crippen LogP contribution in [-0.2, 0) is 0 Å². The first-order chi connectivity index (χ1) is 9.56. The molecule has 104 valence electrons. The van der Waals surface area contributed by atoms with Gasteiger partial charge in [0, 0.05) is 6.07 Å². The van der Waals surface area contributed by atoms with Crippen molar-refractivity contribution < 1.29 is 19.2 Å². The molecule has 6 nitrogen and oxygen atoms in total. The van der Waals surface area contributed by atoms with Gasteiger partial charge in [-0.2, -0.15) is 5.06 Å². The second kappa shape index (κ2) is 6.14. The molecule has 0 aliphatic heterocycles. The third kappa shape index (κ3) is 3.54. The Hall–Kier alpha value is -2.43. The summed E-state index contributed by atoms with van der Waals surface area (Å²) >= 11 is 1.44. The Kier molecular flexibility index (Phi) is 4.30. The van der Waals surface area contributed by atoms with Crippen LogP contribution in [-0.4, -0.2) is 22.3 Å². The van der Waals surface area contributed by atoms with Crippen LogP contribution in [0.3, 0.4) is 0 Å². The van der Waals surface area contributed by atoms with Crippen molar-refractivity contribution in [3.63, 3.8) is 0 Å². The Bertz CT molecular complexity index is 639. The molecule has 0 aliphatic carbocycles. The number of hydrogen-bond acceptors (Lipinski definition) is 5. The largest absolute Gasteiger partial charge is 0.417 e. The first kappa shape index (κ1) is 14.0. The summed E-state index contributed by atoms with van der Waals surface area (Å²) in [6.45, 7) is 1.53. The third-order valence-electron chi connectivity index (χ3n) is 2.27. The van der Waals surface area contributed by atoms with E-state index in [1.807, 2.05) is 17.5 Å². The Labute approximate surface area is 119 Å². The lowest BCUT2D eigenvalue weighted by molar-refractivity contribution is -0.0536. The molecule has 2 heterocycles. The highest BCUT2D eigenvalue weighted by Gasteiger charge is 2.12. The average molecular weight is 292 g/mol. The summed E-state index contributed by atoms with van der Waals surface area (Å²) in [7, 11) is 0. The summed E-state index contributed by atoms with van der Waals surface area (Å²) in [6.07, 6.45) is 0. The highest BCUT2D eigenvalue weighted by molar-refractivity contribution is 7.11. The SMILES string of the molecule is CC(C#Cc1ccc(Oc2cccs2)o1)N(O)C(N)=O. The van der Waals surface area contributed by atoms with E-state index in [-0.39, 0.29) is 0 Å². The monoisotopic (exact) mass is 292 g/mol. The van der Waals surface area contributed by atoms with Gasteiger partial charge < -0.3 is 14.9 Å². The molecule has 2 amide bonds. The van der Waals surface area contributed by atoms with Crippen molar-refractivity contribution in [1.82, 2.24) is 5.06 Å². The molecule has 2 aromatic rings. The van der Waals surface area contributed by atoms with Gasteiger partial charge in [0.15, 0.2) is 10.8 Å². The molecule has 7 heteroatoms. The van der Waals surface area contributed by atoms with Gasteiger partial charge in [0.2, 0.25) is 0 Å². The molecule has 0 saturated carbocycles. The van der Waals surface area contributed by atoms with Gasteiger partial charge in [-0.3, -0.25) is 5.21 Å². The van der Waals surface area contributed by atoms with Crippen molar-refractivity contribution in [3.8, 4) is 22.9 Å². The van der Waals surface area contributed by atoms with Crippen molar-refractivity contribution in [3.05, 3.63) is 35.4 Å². The number of nitrogens with zero attached hydrogens (tertiary/aromatic N) is 1. The van der Waals surface area contributed by atoms with E-state index in [1.54, 1.807) is 12.1 Å². The predicted octanol–water partition coefficient (Wildman–Crippen LogP) is 2.64. The van der Waals surface area contributed by atoms with Crippen LogP contribution in [0.1, 0.15) is 12.7 Å². The molecule has 2 aromatic heterocycles. The molecule has 0 spiro atoms. The van der Waals surface area contributed by atoms with Crippen LogP contribution >= 0.6 is 11.3 Å². The second-order valence-electron chi connectivity index (χ2n) is 3.78. The van der Waals surface area contributed by atoms with Gasteiger partial charge >= 0.3 is 6.03 Å². The number of amides is 2. The van der Waals surface area contributed by atoms with Crippen molar-refractivity contribution in [1.29, 1.82) is 0 Å². The van der Waals surface area contributed by atoms with E-state index in [0.717, 1.165) is 0 Å². The van der Waals surface area contributed by atoms with Crippen LogP contribution in [0, 0.1) is 11.8 Å². The van der Waals surface area contributed by atoms with Gasteiger partial charge in [-0.05, 0) is 36.4 Å². The fraction of sp³-hybridized carbons (Fsp3) is 0.154. The van der Waals surface area contributed by atoms with E-state index in [1.165, 1.54) is 18.3 Å². The molecule has 20 heavy (non-hydrogen) atoms. The maximum Gasteiger partial charge on any atom is 0.339 e. The molecule has 0 fully saturated rings. The maximum absolute atomic E-state index is 10.7. The Balaban J connectivity index is 2.01. The van der Waals surface area contributed by atoms with Crippen LogP contribution in [0.5, 0.6) is 11.0 Å². The van der Waals surface area contributed by atoms with E-state index < -0.39 is 12.1 Å². The van der Waals surface area contributed by atoms with Crippen molar-refractivity contribution in [2.45, 2.75) is 13.0 Å². The standard InChI is InChI=1S/C13H12N2O4S/c1-9(15(17)13(14)16)4-5-10-6-7-11(18-10)19-12-3-2-8-20-12/h2-3,6-9,17H,1H3,(H2,14,16). The molecular formula is C13H12N2O4S. The zero-order valence-electron chi connectivity index (χ0n) is 10.6. The van der Waals surface area contributed by atoms with E-state index in [2.05, 4.69) is 11.8 Å². The minimum Gasteiger partial charge on any atom is -0.417 e. The number of ether oxygens (including phenoxy) is 1. The molecule has 0 radical (unpaired) electrons. The molecule has 2 rings (SSSR count). The number of thiophene rings is 1. The molecule has 3 N–H and O–H groups in total. The van der Waals surface area contributed by atoms with Gasteiger partial charge in [0.25, 0.3) is 5.95 Å². The summed E-state index contributed by atoms with van der Waals surface area (Å²) in [6, 6.07) is 5.25. The van der Waals surface area contributed by atoms with Gasteiger partial charge in [-0.25, -0.2) is 4.79 Å². The fourth-order valence-electron chi connectivity index (χ4n) is 1.29. The number of nitrogens with two attached hydrogens (primary N) is 1. The Morgan fingerprint density at radius 3 is 3.00 bits per heavy atom. The Morgan fingerprint density at radius 1 is 1.55 bits per heavy atom. The fourth-order valence-corrected chi connectivity index (χ4v) is 1.87. The lowest BCUT2D eigenvalue weighted by Gasteiger charge is -2.14. The van der Waals surface area contributed by atoms with E-state index in [0.29, 0.717) is 21.8 Å². The normalized spacial score (nSPS) is 11.3. The summed E-state index contributed by atoms with van der Waals surface area (Å²) in [4.78, 5) is 10.7. The number of primary amides is 1. The number of carbonyl (C=O) groups is 1. The highest BCUT2D eigenvalue weighted by atomic mass is 32.1. The molecular weight excluding hydrogens is 280 g/mol. The number of rotatable bonds is 3. The average Bonchev–Trinajstić information content (AvgIpc) is 3.07. The summed E-state index contributed by atoms with van der Waals surface area (Å²) in [5.74, 6) is 5.99. The zero-order chi connectivity index (χ0) is 14.5. The first-order valence-electron chi connectivity index (χ1n) is 5.66. The van der Waals surface area contributed by atoms with E-state index in [9.17, 15) is 10.0 Å². The lowest BCUT2D eigenvalue weighted by Crippen LogP contribution is -2.38. The predicted molar refractivity (Wildman–Crippen MR) is 72.6 cm³/mol. The molecule has 1 atom stereocenters. The summed E-state index contributed by atoms with van der Waals surface area (Å²) in [5, 5.41) is 12.2. The Morgan fingerprint density at radius 2 is 2.35 bits per heavy atom. The molecule has 1 unspecified atom stereocenters. The maximum atomic E-state index is 10.7. The van der Waals surface area contributed by atoms with E-state index >= 15 is 0 Å². The van der Waals surface area contributed by atoms with Crippen LogP contribution in [0.15, 0.2) is 34.1 Å². The molecule has 0 saturated heterocycles. The van der Waals surface area contributed by atoms with E-state index in [4.69, 9.17) is 14.9 Å².